The molecule has 0 bridgehead atoms. The summed E-state index contributed by atoms with van der Waals surface area (Å²) in [5.74, 6) is 1.46. The molecule has 4 heteroatoms. The normalized spacial score (nSPS) is 12.5. The van der Waals surface area contributed by atoms with Crippen LogP contribution in [0.5, 0.6) is 11.5 Å². The van der Waals surface area contributed by atoms with Crippen molar-refractivity contribution in [3.8, 4) is 11.5 Å². The number of aliphatic hydroxyl groups is 1. The maximum absolute atomic E-state index is 12.2. The molecule has 0 saturated heterocycles. The van der Waals surface area contributed by atoms with Crippen LogP contribution in [0, 0.1) is 0 Å². The third-order valence-electron chi connectivity index (χ3n) is 6.12. The van der Waals surface area contributed by atoms with Crippen molar-refractivity contribution in [3.63, 3.8) is 0 Å². The van der Waals surface area contributed by atoms with E-state index in [0.29, 0.717) is 12.8 Å². The fraction of sp³-hybridized carbons (Fsp3) is 0.214. The molecule has 0 amide bonds. The predicted octanol–water partition coefficient (Wildman–Crippen LogP) is 5.07. The molecule has 3 N–H and O–H groups in total. The zero-order chi connectivity index (χ0) is 22.6. The Kier molecular flexibility index (Phi) is 6.45. The molecule has 0 aliphatic heterocycles. The Morgan fingerprint density at radius 1 is 0.719 bits per heavy atom. The summed E-state index contributed by atoms with van der Waals surface area (Å²) in [6, 6.07) is 29.0. The molecule has 0 aliphatic carbocycles. The highest BCUT2D eigenvalue weighted by molar-refractivity contribution is 5.86. The number of ether oxygens (including phenoxy) is 2. The fourth-order valence-electron chi connectivity index (χ4n) is 4.45. The van der Waals surface area contributed by atoms with Crippen LogP contribution in [0.1, 0.15) is 22.7 Å². The van der Waals surface area contributed by atoms with Crippen LogP contribution in [0.2, 0.25) is 0 Å². The lowest BCUT2D eigenvalue weighted by atomic mass is 9.78. The van der Waals surface area contributed by atoms with Crippen molar-refractivity contribution in [2.75, 3.05) is 14.2 Å². The molecule has 0 aromatic heterocycles. The van der Waals surface area contributed by atoms with E-state index >= 15 is 0 Å². The molecule has 0 spiro atoms. The standard InChI is InChI=1S/C28H29NO3/c1-31-25-16-7-4-11-21(25)18-28(30,19-22-12-5-8-17-26(22)32-2)27(29)24-15-9-13-20-10-3-6-14-23(20)24/h3-17,27,30H,18-19,29H2,1-2H3. The summed E-state index contributed by atoms with van der Waals surface area (Å²) >= 11 is 0. The number of rotatable bonds is 8. The zero-order valence-electron chi connectivity index (χ0n) is 18.5. The minimum Gasteiger partial charge on any atom is -0.496 e. The molecule has 1 unspecified atom stereocenters. The Hall–Kier alpha value is -3.34. The highest BCUT2D eigenvalue weighted by Gasteiger charge is 2.38. The molecule has 164 valence electrons. The Balaban J connectivity index is 1.82. The molecule has 4 aromatic carbocycles. The van der Waals surface area contributed by atoms with Gasteiger partial charge in [-0.15, -0.1) is 0 Å². The first kappa shape index (κ1) is 21.9. The number of benzene rings is 4. The van der Waals surface area contributed by atoms with Crippen molar-refractivity contribution < 1.29 is 14.6 Å². The second kappa shape index (κ2) is 9.43. The first-order valence-corrected chi connectivity index (χ1v) is 10.7. The lowest BCUT2D eigenvalue weighted by molar-refractivity contribution is 0.0131. The van der Waals surface area contributed by atoms with Gasteiger partial charge in [0.05, 0.1) is 25.9 Å². The van der Waals surface area contributed by atoms with Crippen LogP contribution >= 0.6 is 0 Å². The van der Waals surface area contributed by atoms with Crippen LogP contribution in [0.25, 0.3) is 10.8 Å². The zero-order valence-corrected chi connectivity index (χ0v) is 18.5. The first-order chi connectivity index (χ1) is 15.6. The molecule has 1 atom stereocenters. The maximum Gasteiger partial charge on any atom is 0.122 e. The summed E-state index contributed by atoms with van der Waals surface area (Å²) in [5.41, 5.74) is 8.33. The Morgan fingerprint density at radius 2 is 1.22 bits per heavy atom. The smallest absolute Gasteiger partial charge is 0.122 e. The largest absolute Gasteiger partial charge is 0.496 e. The molecule has 0 saturated carbocycles. The van der Waals surface area contributed by atoms with Gasteiger partial charge in [0.15, 0.2) is 0 Å². The summed E-state index contributed by atoms with van der Waals surface area (Å²) < 4.78 is 11.1. The van der Waals surface area contributed by atoms with Crippen LogP contribution in [-0.4, -0.2) is 24.9 Å². The molecular weight excluding hydrogens is 398 g/mol. The summed E-state index contributed by atoms with van der Waals surface area (Å²) in [6.45, 7) is 0. The van der Waals surface area contributed by atoms with Gasteiger partial charge in [0.25, 0.3) is 0 Å². The molecule has 4 nitrogen and oxygen atoms in total. The minimum atomic E-state index is -1.28. The van der Waals surface area contributed by atoms with Crippen LogP contribution < -0.4 is 15.2 Å². The van der Waals surface area contributed by atoms with Gasteiger partial charge in [-0.05, 0) is 39.6 Å². The minimum absolute atomic E-state index is 0.333. The van der Waals surface area contributed by atoms with Crippen molar-refractivity contribution in [2.24, 2.45) is 5.73 Å². The topological polar surface area (TPSA) is 64.7 Å². The highest BCUT2D eigenvalue weighted by atomic mass is 16.5. The third-order valence-corrected chi connectivity index (χ3v) is 6.12. The Morgan fingerprint density at radius 3 is 1.81 bits per heavy atom. The molecule has 4 aromatic rings. The second-order valence-corrected chi connectivity index (χ2v) is 8.13. The summed E-state index contributed by atoms with van der Waals surface area (Å²) in [7, 11) is 3.28. The molecule has 32 heavy (non-hydrogen) atoms. The second-order valence-electron chi connectivity index (χ2n) is 8.13. The van der Waals surface area contributed by atoms with Crippen molar-refractivity contribution in [3.05, 3.63) is 108 Å². The molecule has 0 heterocycles. The SMILES string of the molecule is COc1ccccc1CC(O)(Cc1ccccc1OC)C(N)c1cccc2ccccc12. The van der Waals surface area contributed by atoms with Gasteiger partial charge in [0.1, 0.15) is 11.5 Å². The van der Waals surface area contributed by atoms with Crippen LogP contribution in [0.3, 0.4) is 0 Å². The van der Waals surface area contributed by atoms with Crippen LogP contribution in [0.4, 0.5) is 0 Å². The number of hydrogen-bond donors (Lipinski definition) is 2. The molecule has 4 rings (SSSR count). The fourth-order valence-corrected chi connectivity index (χ4v) is 4.45. The summed E-state index contributed by atoms with van der Waals surface area (Å²) in [6.07, 6.45) is 0.666. The quantitative estimate of drug-likeness (QED) is 0.412. The van der Waals surface area contributed by atoms with Crippen molar-refractivity contribution in [1.29, 1.82) is 0 Å². The average molecular weight is 428 g/mol. The molecule has 0 radical (unpaired) electrons. The average Bonchev–Trinajstić information content (AvgIpc) is 2.84. The summed E-state index contributed by atoms with van der Waals surface area (Å²) in [5, 5.41) is 14.3. The monoisotopic (exact) mass is 427 g/mol. The van der Waals surface area contributed by atoms with Gasteiger partial charge in [0, 0.05) is 12.8 Å². The number of fused-ring (bicyclic) bond motifs is 1. The van der Waals surface area contributed by atoms with E-state index in [2.05, 4.69) is 18.2 Å². The van der Waals surface area contributed by atoms with Crippen molar-refractivity contribution >= 4 is 10.8 Å². The van der Waals surface area contributed by atoms with E-state index in [1.165, 1.54) is 0 Å². The van der Waals surface area contributed by atoms with Crippen molar-refractivity contribution in [2.45, 2.75) is 24.5 Å². The summed E-state index contributed by atoms with van der Waals surface area (Å²) in [4.78, 5) is 0. The van der Waals surface area contributed by atoms with Gasteiger partial charge in [0.2, 0.25) is 0 Å². The number of para-hydroxylation sites is 2. The van der Waals surface area contributed by atoms with E-state index in [1.807, 2.05) is 72.8 Å². The molecule has 0 aliphatic rings. The van der Waals surface area contributed by atoms with Gasteiger partial charge in [-0.2, -0.15) is 0 Å². The van der Waals surface area contributed by atoms with Crippen LogP contribution in [0.15, 0.2) is 91.0 Å². The number of hydrogen-bond acceptors (Lipinski definition) is 4. The van der Waals surface area contributed by atoms with Gasteiger partial charge in [-0.1, -0.05) is 78.9 Å². The molecular formula is C28H29NO3. The maximum atomic E-state index is 12.2. The van der Waals surface area contributed by atoms with E-state index in [-0.39, 0.29) is 0 Å². The van der Waals surface area contributed by atoms with E-state index in [1.54, 1.807) is 14.2 Å². The predicted molar refractivity (Wildman–Crippen MR) is 129 cm³/mol. The Bertz CT molecular complexity index is 1150. The third kappa shape index (κ3) is 4.33. The number of methoxy groups -OCH3 is 2. The highest BCUT2D eigenvalue weighted by Crippen LogP contribution is 2.37. The Labute approximate surface area is 189 Å². The lowest BCUT2D eigenvalue weighted by Gasteiger charge is -2.36. The van der Waals surface area contributed by atoms with Gasteiger partial charge < -0.3 is 20.3 Å². The van der Waals surface area contributed by atoms with Gasteiger partial charge in [-0.3, -0.25) is 0 Å². The van der Waals surface area contributed by atoms with E-state index in [0.717, 1.165) is 39.0 Å². The van der Waals surface area contributed by atoms with Crippen LogP contribution in [-0.2, 0) is 12.8 Å². The van der Waals surface area contributed by atoms with E-state index < -0.39 is 11.6 Å². The lowest BCUT2D eigenvalue weighted by Crippen LogP contribution is -2.45. The van der Waals surface area contributed by atoms with E-state index in [9.17, 15) is 5.11 Å². The molecule has 0 fully saturated rings. The van der Waals surface area contributed by atoms with Gasteiger partial charge >= 0.3 is 0 Å². The van der Waals surface area contributed by atoms with Crippen molar-refractivity contribution in [1.82, 2.24) is 0 Å². The van der Waals surface area contributed by atoms with E-state index in [4.69, 9.17) is 15.2 Å². The van der Waals surface area contributed by atoms with Gasteiger partial charge in [-0.25, -0.2) is 0 Å². The number of nitrogens with two attached hydrogens (primary N) is 1. The first-order valence-electron chi connectivity index (χ1n) is 10.7.